The van der Waals surface area contributed by atoms with Crippen LogP contribution in [0.4, 0.5) is 5.69 Å². The highest BCUT2D eigenvalue weighted by Gasteiger charge is 2.16. The van der Waals surface area contributed by atoms with Gasteiger partial charge < -0.3 is 14.8 Å². The van der Waals surface area contributed by atoms with Gasteiger partial charge in [0, 0.05) is 12.6 Å². The summed E-state index contributed by atoms with van der Waals surface area (Å²) in [5, 5.41) is 4.04. The maximum absolute atomic E-state index is 6.13. The quantitative estimate of drug-likeness (QED) is 0.878. The number of hydrogen-bond acceptors (Lipinski definition) is 3. The highest BCUT2D eigenvalue weighted by atomic mass is 35.5. The van der Waals surface area contributed by atoms with Crippen molar-refractivity contribution >= 4 is 17.3 Å². The van der Waals surface area contributed by atoms with Gasteiger partial charge >= 0.3 is 0 Å². The van der Waals surface area contributed by atoms with E-state index in [1.54, 1.807) is 14.2 Å². The van der Waals surface area contributed by atoms with Gasteiger partial charge in [0.15, 0.2) is 0 Å². The van der Waals surface area contributed by atoms with Crippen molar-refractivity contribution in [2.75, 3.05) is 26.1 Å². The van der Waals surface area contributed by atoms with Crippen LogP contribution in [-0.4, -0.2) is 20.8 Å². The van der Waals surface area contributed by atoms with Crippen molar-refractivity contribution in [3.63, 3.8) is 0 Å². The van der Waals surface area contributed by atoms with E-state index in [-0.39, 0.29) is 0 Å². The Morgan fingerprint density at radius 1 is 1.17 bits per heavy atom. The zero-order valence-corrected chi connectivity index (χ0v) is 11.7. The van der Waals surface area contributed by atoms with Crippen molar-refractivity contribution in [1.29, 1.82) is 0 Å². The van der Waals surface area contributed by atoms with E-state index in [1.807, 2.05) is 12.1 Å². The minimum absolute atomic E-state index is 0.604. The molecule has 0 atom stereocenters. The van der Waals surface area contributed by atoms with E-state index in [1.165, 1.54) is 25.7 Å². The monoisotopic (exact) mass is 269 g/mol. The van der Waals surface area contributed by atoms with Gasteiger partial charge in [-0.2, -0.15) is 0 Å². The average Bonchev–Trinajstić information content (AvgIpc) is 2.89. The third kappa shape index (κ3) is 3.02. The van der Waals surface area contributed by atoms with Crippen molar-refractivity contribution in [3.8, 4) is 11.5 Å². The molecule has 1 aromatic carbocycles. The molecule has 0 aliphatic heterocycles. The van der Waals surface area contributed by atoms with E-state index < -0.39 is 0 Å². The van der Waals surface area contributed by atoms with Crippen molar-refractivity contribution in [1.82, 2.24) is 0 Å². The fourth-order valence-electron chi connectivity index (χ4n) is 2.47. The van der Waals surface area contributed by atoms with Gasteiger partial charge in [0.1, 0.15) is 11.5 Å². The largest absolute Gasteiger partial charge is 0.495 e. The predicted octanol–water partition coefficient (Wildman–Crippen LogP) is 3.96. The smallest absolute Gasteiger partial charge is 0.145 e. The summed E-state index contributed by atoms with van der Waals surface area (Å²) < 4.78 is 10.5. The van der Waals surface area contributed by atoms with Crippen molar-refractivity contribution in [2.45, 2.75) is 25.7 Å². The molecule has 0 unspecified atom stereocenters. The molecule has 1 fully saturated rings. The Kier molecular flexibility index (Phi) is 4.59. The summed E-state index contributed by atoms with van der Waals surface area (Å²) in [4.78, 5) is 0. The van der Waals surface area contributed by atoms with Crippen LogP contribution in [0.3, 0.4) is 0 Å². The molecule has 1 N–H and O–H groups in total. The normalized spacial score (nSPS) is 15.7. The summed E-state index contributed by atoms with van der Waals surface area (Å²) in [5.41, 5.74) is 0.940. The molecule has 1 aliphatic rings. The molecule has 0 radical (unpaired) electrons. The number of ether oxygens (including phenoxy) is 2. The van der Waals surface area contributed by atoms with Gasteiger partial charge in [-0.15, -0.1) is 0 Å². The second-order valence-electron chi connectivity index (χ2n) is 4.72. The fraction of sp³-hybridized carbons (Fsp3) is 0.571. The third-order valence-electron chi connectivity index (χ3n) is 3.53. The van der Waals surface area contributed by atoms with Gasteiger partial charge in [0.05, 0.1) is 24.9 Å². The molecular formula is C14H20ClNO2. The SMILES string of the molecule is COc1cc(OC)c(NCC2CCCC2)cc1Cl. The van der Waals surface area contributed by atoms with Crippen LogP contribution in [0.2, 0.25) is 5.02 Å². The van der Waals surface area contributed by atoms with E-state index >= 15 is 0 Å². The summed E-state index contributed by atoms with van der Waals surface area (Å²) in [5.74, 6) is 2.18. The van der Waals surface area contributed by atoms with Gasteiger partial charge in [0.2, 0.25) is 0 Å². The van der Waals surface area contributed by atoms with E-state index in [0.29, 0.717) is 10.8 Å². The molecule has 0 amide bonds. The van der Waals surface area contributed by atoms with E-state index in [4.69, 9.17) is 21.1 Å². The van der Waals surface area contributed by atoms with Crippen molar-refractivity contribution < 1.29 is 9.47 Å². The second kappa shape index (κ2) is 6.19. The lowest BCUT2D eigenvalue weighted by Gasteiger charge is -2.16. The molecular weight excluding hydrogens is 250 g/mol. The Morgan fingerprint density at radius 2 is 1.83 bits per heavy atom. The first kappa shape index (κ1) is 13.3. The number of halogens is 1. The first-order chi connectivity index (χ1) is 8.74. The van der Waals surface area contributed by atoms with Crippen LogP contribution in [0, 0.1) is 5.92 Å². The van der Waals surface area contributed by atoms with Crippen LogP contribution in [-0.2, 0) is 0 Å². The molecule has 0 heterocycles. The molecule has 100 valence electrons. The van der Waals surface area contributed by atoms with Gasteiger partial charge in [-0.3, -0.25) is 0 Å². The van der Waals surface area contributed by atoms with Crippen LogP contribution in [0.1, 0.15) is 25.7 Å². The van der Waals surface area contributed by atoms with Crippen molar-refractivity contribution in [3.05, 3.63) is 17.2 Å². The number of nitrogens with one attached hydrogen (secondary N) is 1. The van der Waals surface area contributed by atoms with Crippen LogP contribution in [0.25, 0.3) is 0 Å². The summed E-state index contributed by atoms with van der Waals surface area (Å²) in [6, 6.07) is 3.69. The topological polar surface area (TPSA) is 30.5 Å². The summed E-state index contributed by atoms with van der Waals surface area (Å²) in [6.45, 7) is 0.985. The molecule has 18 heavy (non-hydrogen) atoms. The molecule has 2 rings (SSSR count). The fourth-order valence-corrected chi connectivity index (χ4v) is 2.71. The Labute approximate surface area is 113 Å². The molecule has 0 aromatic heterocycles. The highest BCUT2D eigenvalue weighted by molar-refractivity contribution is 6.32. The second-order valence-corrected chi connectivity index (χ2v) is 5.13. The molecule has 4 heteroatoms. The maximum atomic E-state index is 6.13. The van der Waals surface area contributed by atoms with E-state index in [2.05, 4.69) is 5.32 Å². The molecule has 1 aliphatic carbocycles. The Balaban J connectivity index is 2.08. The standard InChI is InChI=1S/C14H20ClNO2/c1-17-13-8-14(18-2)12(7-11(13)15)16-9-10-5-3-4-6-10/h7-8,10,16H,3-6,9H2,1-2H3. The van der Waals surface area contributed by atoms with Gasteiger partial charge in [-0.1, -0.05) is 24.4 Å². The number of rotatable bonds is 5. The van der Waals surface area contributed by atoms with Gasteiger partial charge in [-0.25, -0.2) is 0 Å². The van der Waals surface area contributed by atoms with Crippen LogP contribution < -0.4 is 14.8 Å². The number of methoxy groups -OCH3 is 2. The number of hydrogen-bond donors (Lipinski definition) is 1. The minimum atomic E-state index is 0.604. The number of benzene rings is 1. The molecule has 1 saturated carbocycles. The highest BCUT2D eigenvalue weighted by Crippen LogP contribution is 2.36. The lowest BCUT2D eigenvalue weighted by molar-refractivity contribution is 0.395. The first-order valence-corrected chi connectivity index (χ1v) is 6.77. The van der Waals surface area contributed by atoms with Gasteiger partial charge in [-0.05, 0) is 24.8 Å². The Morgan fingerprint density at radius 3 is 2.44 bits per heavy atom. The average molecular weight is 270 g/mol. The Bertz CT molecular complexity index is 403. The summed E-state index contributed by atoms with van der Waals surface area (Å²) >= 11 is 6.13. The van der Waals surface area contributed by atoms with E-state index in [9.17, 15) is 0 Å². The first-order valence-electron chi connectivity index (χ1n) is 6.40. The zero-order valence-electron chi connectivity index (χ0n) is 11.0. The van der Waals surface area contributed by atoms with Crippen LogP contribution >= 0.6 is 11.6 Å². The zero-order chi connectivity index (χ0) is 13.0. The summed E-state index contributed by atoms with van der Waals surface area (Å²) in [6.07, 6.45) is 5.35. The minimum Gasteiger partial charge on any atom is -0.495 e. The molecule has 0 bridgehead atoms. The third-order valence-corrected chi connectivity index (χ3v) is 3.83. The lowest BCUT2D eigenvalue weighted by atomic mass is 10.1. The predicted molar refractivity (Wildman–Crippen MR) is 75.0 cm³/mol. The van der Waals surface area contributed by atoms with Crippen LogP contribution in [0.15, 0.2) is 12.1 Å². The lowest BCUT2D eigenvalue weighted by Crippen LogP contribution is -2.11. The van der Waals surface area contributed by atoms with E-state index in [0.717, 1.165) is 23.9 Å². The number of anilines is 1. The molecule has 1 aromatic rings. The molecule has 0 spiro atoms. The molecule has 3 nitrogen and oxygen atoms in total. The maximum Gasteiger partial charge on any atom is 0.145 e. The van der Waals surface area contributed by atoms with Gasteiger partial charge in [0.25, 0.3) is 0 Å². The molecule has 0 saturated heterocycles. The summed E-state index contributed by atoms with van der Waals surface area (Å²) in [7, 11) is 3.26. The Hall–Kier alpha value is -1.09. The van der Waals surface area contributed by atoms with Crippen molar-refractivity contribution in [2.24, 2.45) is 5.92 Å². The van der Waals surface area contributed by atoms with Crippen LogP contribution in [0.5, 0.6) is 11.5 Å².